The Balaban J connectivity index is 2.13. The van der Waals surface area contributed by atoms with Crippen molar-refractivity contribution in [2.45, 2.75) is 32.2 Å². The van der Waals surface area contributed by atoms with Crippen LogP contribution < -0.4 is 5.32 Å². The zero-order valence-corrected chi connectivity index (χ0v) is 10.3. The summed E-state index contributed by atoms with van der Waals surface area (Å²) in [5, 5.41) is 2.99. The summed E-state index contributed by atoms with van der Waals surface area (Å²) in [6, 6.07) is 6.71. The van der Waals surface area contributed by atoms with E-state index in [1.54, 1.807) is 6.92 Å². The first-order chi connectivity index (χ1) is 7.15. The Kier molecular flexibility index (Phi) is 3.10. The largest absolute Gasteiger partial charge is 0.353 e. The van der Waals surface area contributed by atoms with Gasteiger partial charge in [-0.05, 0) is 42.5 Å². The minimum absolute atomic E-state index is 0.0700. The molecule has 15 heavy (non-hydrogen) atoms. The molecule has 0 aromatic heterocycles. The fourth-order valence-corrected chi connectivity index (χ4v) is 2.54. The van der Waals surface area contributed by atoms with Gasteiger partial charge in [0.15, 0.2) is 0 Å². The van der Waals surface area contributed by atoms with Crippen molar-refractivity contribution in [1.82, 2.24) is 5.32 Å². The van der Waals surface area contributed by atoms with Crippen molar-refractivity contribution >= 4 is 21.8 Å². The van der Waals surface area contributed by atoms with Crippen LogP contribution in [0.5, 0.6) is 0 Å². The molecule has 1 atom stereocenters. The van der Waals surface area contributed by atoms with Gasteiger partial charge in [0, 0.05) is 17.4 Å². The van der Waals surface area contributed by atoms with Crippen LogP contribution in [0.2, 0.25) is 0 Å². The third kappa shape index (κ3) is 2.59. The van der Waals surface area contributed by atoms with E-state index < -0.39 is 0 Å². The second-order valence-corrected chi connectivity index (χ2v) is 4.97. The van der Waals surface area contributed by atoms with E-state index in [0.717, 1.165) is 23.7 Å². The molecule has 1 aromatic carbocycles. The van der Waals surface area contributed by atoms with E-state index in [1.807, 2.05) is 0 Å². The molecule has 0 bridgehead atoms. The molecule has 1 N–H and O–H groups in total. The second kappa shape index (κ2) is 4.35. The molecule has 1 aliphatic rings. The number of fused-ring (bicyclic) bond motifs is 1. The Morgan fingerprint density at radius 1 is 1.47 bits per heavy atom. The van der Waals surface area contributed by atoms with Crippen LogP contribution in [0.15, 0.2) is 22.7 Å². The molecule has 80 valence electrons. The summed E-state index contributed by atoms with van der Waals surface area (Å²) in [7, 11) is 0. The maximum absolute atomic E-state index is 11.0. The summed E-state index contributed by atoms with van der Waals surface area (Å²) < 4.78 is 1.14. The van der Waals surface area contributed by atoms with Gasteiger partial charge in [-0.25, -0.2) is 0 Å². The maximum Gasteiger partial charge on any atom is 0.217 e. The van der Waals surface area contributed by atoms with Gasteiger partial charge >= 0.3 is 0 Å². The summed E-state index contributed by atoms with van der Waals surface area (Å²) in [4.78, 5) is 11.0. The molecule has 3 heteroatoms. The highest BCUT2D eigenvalue weighted by Gasteiger charge is 2.18. The fourth-order valence-electron chi connectivity index (χ4n) is 2.13. The Labute approximate surface area is 98.2 Å². The van der Waals surface area contributed by atoms with Crippen LogP contribution in [0.3, 0.4) is 0 Å². The summed E-state index contributed by atoms with van der Waals surface area (Å²) in [6.45, 7) is 1.58. The van der Waals surface area contributed by atoms with Gasteiger partial charge in [-0.15, -0.1) is 0 Å². The van der Waals surface area contributed by atoms with Crippen molar-refractivity contribution in [3.63, 3.8) is 0 Å². The topological polar surface area (TPSA) is 29.1 Å². The molecule has 0 spiro atoms. The molecule has 1 aliphatic carbocycles. The Bertz CT molecular complexity index is 389. The summed E-state index contributed by atoms with van der Waals surface area (Å²) in [5.74, 6) is 0.0700. The average Bonchev–Trinajstić information content (AvgIpc) is 2.17. The number of carbonyl (C=O) groups excluding carboxylic acids is 1. The van der Waals surface area contributed by atoms with E-state index in [4.69, 9.17) is 0 Å². The van der Waals surface area contributed by atoms with E-state index in [2.05, 4.69) is 39.4 Å². The lowest BCUT2D eigenvalue weighted by atomic mass is 9.88. The molecular weight excluding hydrogens is 254 g/mol. The molecular formula is C12H14BrNO. The minimum atomic E-state index is 0.0700. The molecule has 2 rings (SSSR count). The molecule has 0 unspecified atom stereocenters. The van der Waals surface area contributed by atoms with E-state index in [0.29, 0.717) is 6.04 Å². The highest BCUT2D eigenvalue weighted by atomic mass is 79.9. The van der Waals surface area contributed by atoms with E-state index in [1.165, 1.54) is 11.1 Å². The average molecular weight is 268 g/mol. The molecule has 0 fully saturated rings. The van der Waals surface area contributed by atoms with Crippen LogP contribution in [0.1, 0.15) is 24.5 Å². The van der Waals surface area contributed by atoms with Gasteiger partial charge in [0.05, 0.1) is 0 Å². The summed E-state index contributed by atoms with van der Waals surface area (Å²) in [5.41, 5.74) is 2.77. The number of carbonyl (C=O) groups is 1. The summed E-state index contributed by atoms with van der Waals surface area (Å²) >= 11 is 3.48. The third-order valence-electron chi connectivity index (χ3n) is 2.80. The first-order valence-corrected chi connectivity index (χ1v) is 5.99. The van der Waals surface area contributed by atoms with Crippen molar-refractivity contribution < 1.29 is 4.79 Å². The number of benzene rings is 1. The molecule has 0 heterocycles. The van der Waals surface area contributed by atoms with Crippen molar-refractivity contribution in [3.05, 3.63) is 33.8 Å². The van der Waals surface area contributed by atoms with E-state index >= 15 is 0 Å². The third-order valence-corrected chi connectivity index (χ3v) is 3.30. The van der Waals surface area contributed by atoms with Crippen LogP contribution in [-0.4, -0.2) is 11.9 Å². The van der Waals surface area contributed by atoms with Gasteiger partial charge in [0.1, 0.15) is 0 Å². The van der Waals surface area contributed by atoms with Gasteiger partial charge in [-0.2, -0.15) is 0 Å². The number of aryl methyl sites for hydroxylation is 1. The molecule has 0 saturated carbocycles. The lowest BCUT2D eigenvalue weighted by Crippen LogP contribution is -2.37. The quantitative estimate of drug-likeness (QED) is 0.832. The van der Waals surface area contributed by atoms with Gasteiger partial charge in [-0.3, -0.25) is 4.79 Å². The number of nitrogens with one attached hydrogen (secondary N) is 1. The monoisotopic (exact) mass is 267 g/mol. The normalized spacial score (nSPS) is 19.5. The number of amides is 1. The van der Waals surface area contributed by atoms with E-state index in [-0.39, 0.29) is 5.91 Å². The van der Waals surface area contributed by atoms with Crippen molar-refractivity contribution in [3.8, 4) is 0 Å². The van der Waals surface area contributed by atoms with Gasteiger partial charge in [0.25, 0.3) is 0 Å². The maximum atomic E-state index is 11.0. The van der Waals surface area contributed by atoms with Gasteiger partial charge < -0.3 is 5.32 Å². The van der Waals surface area contributed by atoms with Crippen LogP contribution in [0.25, 0.3) is 0 Å². The fraction of sp³-hybridized carbons (Fsp3) is 0.417. The minimum Gasteiger partial charge on any atom is -0.353 e. The first-order valence-electron chi connectivity index (χ1n) is 5.19. The molecule has 0 aliphatic heterocycles. The first kappa shape index (κ1) is 10.7. The molecule has 0 saturated heterocycles. The van der Waals surface area contributed by atoms with Gasteiger partial charge in [-0.1, -0.05) is 22.0 Å². The van der Waals surface area contributed by atoms with Crippen molar-refractivity contribution in [1.29, 1.82) is 0 Å². The number of hydrogen-bond donors (Lipinski definition) is 1. The Morgan fingerprint density at radius 2 is 2.27 bits per heavy atom. The predicted octanol–water partition coefficient (Wildman–Crippen LogP) is 2.44. The van der Waals surface area contributed by atoms with Gasteiger partial charge in [0.2, 0.25) is 5.91 Å². The SMILES string of the molecule is CC(=O)N[C@@H]1CCc2cc(Br)ccc2C1. The van der Waals surface area contributed by atoms with E-state index in [9.17, 15) is 4.79 Å². The highest BCUT2D eigenvalue weighted by molar-refractivity contribution is 9.10. The van der Waals surface area contributed by atoms with Crippen LogP contribution in [-0.2, 0) is 17.6 Å². The summed E-state index contributed by atoms with van der Waals surface area (Å²) in [6.07, 6.45) is 3.06. The molecule has 2 nitrogen and oxygen atoms in total. The molecule has 0 radical (unpaired) electrons. The molecule has 1 aromatic rings. The Morgan fingerprint density at radius 3 is 3.00 bits per heavy atom. The Hall–Kier alpha value is -0.830. The zero-order valence-electron chi connectivity index (χ0n) is 8.72. The number of hydrogen-bond acceptors (Lipinski definition) is 1. The molecule has 1 amide bonds. The second-order valence-electron chi connectivity index (χ2n) is 4.05. The lowest BCUT2D eigenvalue weighted by molar-refractivity contribution is -0.119. The zero-order chi connectivity index (χ0) is 10.8. The standard InChI is InChI=1S/C12H14BrNO/c1-8(15)14-12-5-3-9-6-11(13)4-2-10(9)7-12/h2,4,6,12H,3,5,7H2,1H3,(H,14,15)/t12-/m1/s1. The van der Waals surface area contributed by atoms with Crippen molar-refractivity contribution in [2.75, 3.05) is 0 Å². The number of rotatable bonds is 1. The van der Waals surface area contributed by atoms with Crippen LogP contribution >= 0.6 is 15.9 Å². The highest BCUT2D eigenvalue weighted by Crippen LogP contribution is 2.24. The van der Waals surface area contributed by atoms with Crippen LogP contribution in [0, 0.1) is 0 Å². The number of halogens is 1. The predicted molar refractivity (Wildman–Crippen MR) is 63.8 cm³/mol. The lowest BCUT2D eigenvalue weighted by Gasteiger charge is -2.25. The smallest absolute Gasteiger partial charge is 0.217 e. The van der Waals surface area contributed by atoms with Crippen LogP contribution in [0.4, 0.5) is 0 Å². The van der Waals surface area contributed by atoms with Crippen molar-refractivity contribution in [2.24, 2.45) is 0 Å².